The molecule has 0 radical (unpaired) electrons. The third-order valence-corrected chi connectivity index (χ3v) is 3.94. The zero-order valence-electron chi connectivity index (χ0n) is 14.5. The molecule has 27 heavy (non-hydrogen) atoms. The van der Waals surface area contributed by atoms with Crippen molar-refractivity contribution in [1.29, 1.82) is 0 Å². The first-order valence-electron chi connectivity index (χ1n) is 8.18. The van der Waals surface area contributed by atoms with E-state index in [1.165, 1.54) is 6.08 Å². The molecule has 0 aromatic carbocycles. The fraction of sp³-hybridized carbons (Fsp3) is 0.667. The van der Waals surface area contributed by atoms with E-state index in [-0.39, 0.29) is 5.82 Å². The molecule has 0 fully saturated rings. The first-order chi connectivity index (χ1) is 12.4. The quantitative estimate of drug-likeness (QED) is 0.658. The van der Waals surface area contributed by atoms with Gasteiger partial charge >= 0.3 is 12.4 Å². The molecule has 2 unspecified atom stereocenters. The molecule has 0 saturated heterocycles. The lowest BCUT2D eigenvalue weighted by Gasteiger charge is -2.21. The Labute approximate surface area is 151 Å². The van der Waals surface area contributed by atoms with Gasteiger partial charge in [-0.25, -0.2) is 0 Å². The highest BCUT2D eigenvalue weighted by Crippen LogP contribution is 2.28. The Bertz CT molecular complexity index is 650. The Morgan fingerprint density at radius 2 is 1.44 bits per heavy atom. The molecule has 3 N–H and O–H groups in total. The first kappa shape index (κ1) is 21.2. The SMILES string of the molecule is CC(Nc1nc(N[C@H](C)C(F)(F)F)nc(C2=CC(O)CCC2)n1)C(F)(F)F. The Hall–Kier alpha value is -2.11. The van der Waals surface area contributed by atoms with Gasteiger partial charge in [-0.1, -0.05) is 0 Å². The van der Waals surface area contributed by atoms with E-state index in [1.54, 1.807) is 0 Å². The molecule has 0 amide bonds. The summed E-state index contributed by atoms with van der Waals surface area (Å²) >= 11 is 0. The Morgan fingerprint density at radius 3 is 1.85 bits per heavy atom. The third-order valence-electron chi connectivity index (χ3n) is 3.94. The van der Waals surface area contributed by atoms with Gasteiger partial charge in [0, 0.05) is 0 Å². The van der Waals surface area contributed by atoms with Crippen LogP contribution in [0.2, 0.25) is 0 Å². The van der Waals surface area contributed by atoms with Crippen molar-refractivity contribution in [3.8, 4) is 0 Å². The molecule has 0 saturated carbocycles. The number of nitrogens with zero attached hydrogens (tertiary/aromatic N) is 3. The topological polar surface area (TPSA) is 83.0 Å². The molecule has 1 aliphatic carbocycles. The van der Waals surface area contributed by atoms with Crippen molar-refractivity contribution in [2.45, 2.75) is 63.7 Å². The van der Waals surface area contributed by atoms with Crippen molar-refractivity contribution in [3.05, 3.63) is 11.9 Å². The number of rotatable bonds is 5. The fourth-order valence-electron chi connectivity index (χ4n) is 2.29. The molecular weight excluding hydrogens is 380 g/mol. The normalized spacial score (nSPS) is 20.6. The number of aromatic nitrogens is 3. The van der Waals surface area contributed by atoms with E-state index in [0.717, 1.165) is 13.8 Å². The van der Waals surface area contributed by atoms with Crippen LogP contribution in [0, 0.1) is 0 Å². The fourth-order valence-corrected chi connectivity index (χ4v) is 2.29. The van der Waals surface area contributed by atoms with Crippen molar-refractivity contribution < 1.29 is 31.4 Å². The Morgan fingerprint density at radius 1 is 0.963 bits per heavy atom. The van der Waals surface area contributed by atoms with Gasteiger partial charge < -0.3 is 15.7 Å². The van der Waals surface area contributed by atoms with Gasteiger partial charge in [-0.3, -0.25) is 0 Å². The van der Waals surface area contributed by atoms with Crippen LogP contribution in [0.3, 0.4) is 0 Å². The van der Waals surface area contributed by atoms with E-state index in [2.05, 4.69) is 15.0 Å². The van der Waals surface area contributed by atoms with Crippen molar-refractivity contribution in [1.82, 2.24) is 15.0 Å². The highest BCUT2D eigenvalue weighted by Gasteiger charge is 2.38. The van der Waals surface area contributed by atoms with Crippen LogP contribution in [0.25, 0.3) is 5.57 Å². The summed E-state index contributed by atoms with van der Waals surface area (Å²) in [6.07, 6.45) is -7.01. The Kier molecular flexibility index (Phi) is 6.17. The number of alkyl halides is 6. The molecule has 1 heterocycles. The lowest BCUT2D eigenvalue weighted by Crippen LogP contribution is -2.35. The monoisotopic (exact) mass is 399 g/mol. The van der Waals surface area contributed by atoms with Gasteiger partial charge in [0.1, 0.15) is 12.1 Å². The maximum atomic E-state index is 12.8. The Balaban J connectivity index is 2.38. The zero-order chi connectivity index (χ0) is 20.4. The molecule has 152 valence electrons. The van der Waals surface area contributed by atoms with Crippen molar-refractivity contribution in [2.75, 3.05) is 10.6 Å². The van der Waals surface area contributed by atoms with E-state index >= 15 is 0 Å². The molecule has 2 rings (SSSR count). The molecule has 6 nitrogen and oxygen atoms in total. The van der Waals surface area contributed by atoms with E-state index in [9.17, 15) is 31.4 Å². The number of anilines is 2. The van der Waals surface area contributed by atoms with Crippen LogP contribution in [-0.2, 0) is 0 Å². The molecular formula is C15H19F6N5O. The first-order valence-corrected chi connectivity index (χ1v) is 8.18. The average molecular weight is 399 g/mol. The lowest BCUT2D eigenvalue weighted by atomic mass is 9.97. The molecule has 12 heteroatoms. The van der Waals surface area contributed by atoms with Gasteiger partial charge in [0.25, 0.3) is 0 Å². The smallest absolute Gasteiger partial charge is 0.389 e. The summed E-state index contributed by atoms with van der Waals surface area (Å²) in [5.74, 6) is -1.11. The maximum Gasteiger partial charge on any atom is 0.408 e. The summed E-state index contributed by atoms with van der Waals surface area (Å²) in [6, 6.07) is -4.04. The minimum absolute atomic E-state index is 0.0856. The number of nitrogens with one attached hydrogen (secondary N) is 2. The van der Waals surface area contributed by atoms with Gasteiger partial charge in [-0.2, -0.15) is 41.3 Å². The largest absolute Gasteiger partial charge is 0.408 e. The molecule has 3 atom stereocenters. The van der Waals surface area contributed by atoms with Crippen LogP contribution in [0.15, 0.2) is 6.08 Å². The van der Waals surface area contributed by atoms with E-state index in [0.29, 0.717) is 24.8 Å². The predicted molar refractivity (Wildman–Crippen MR) is 85.9 cm³/mol. The predicted octanol–water partition coefficient (Wildman–Crippen LogP) is 3.53. The standard InChI is InChI=1S/C15H19F6N5O/c1-7(14(16,17)18)22-12-24-11(9-4-3-5-10(27)6-9)25-13(26-12)23-8(2)15(19,20)21/h6-8,10,27H,3-5H2,1-2H3,(H2,22,23,24,25,26)/t7-,8?,10?/m1/s1. The second kappa shape index (κ2) is 7.87. The third kappa shape index (κ3) is 5.94. The van der Waals surface area contributed by atoms with Crippen molar-refractivity contribution in [2.24, 2.45) is 0 Å². The average Bonchev–Trinajstić information content (AvgIpc) is 2.52. The van der Waals surface area contributed by atoms with Gasteiger partial charge in [-0.15, -0.1) is 0 Å². The van der Waals surface area contributed by atoms with Crippen LogP contribution in [0.4, 0.5) is 38.2 Å². The summed E-state index contributed by atoms with van der Waals surface area (Å²) in [4.78, 5) is 11.4. The highest BCUT2D eigenvalue weighted by atomic mass is 19.4. The van der Waals surface area contributed by atoms with E-state index in [4.69, 9.17) is 0 Å². The zero-order valence-corrected chi connectivity index (χ0v) is 14.5. The van der Waals surface area contributed by atoms with Gasteiger partial charge in [0.2, 0.25) is 11.9 Å². The molecule has 1 aliphatic rings. The summed E-state index contributed by atoms with van der Waals surface area (Å²) in [5, 5.41) is 13.8. The molecule has 0 spiro atoms. The highest BCUT2D eigenvalue weighted by molar-refractivity contribution is 5.63. The van der Waals surface area contributed by atoms with Crippen LogP contribution in [0.5, 0.6) is 0 Å². The minimum atomic E-state index is -4.60. The number of allylic oxidation sites excluding steroid dienone is 1. The number of halogens is 6. The summed E-state index contributed by atoms with van der Waals surface area (Å²) < 4.78 is 76.6. The maximum absolute atomic E-state index is 12.8. The molecule has 0 aliphatic heterocycles. The number of aliphatic hydroxyl groups excluding tert-OH is 1. The molecule has 1 aromatic heterocycles. The van der Waals surface area contributed by atoms with Gasteiger partial charge in [0.15, 0.2) is 5.82 Å². The van der Waals surface area contributed by atoms with Crippen LogP contribution < -0.4 is 10.6 Å². The van der Waals surface area contributed by atoms with Crippen molar-refractivity contribution in [3.63, 3.8) is 0 Å². The number of hydrogen-bond donors (Lipinski definition) is 3. The van der Waals surface area contributed by atoms with Crippen LogP contribution >= 0.6 is 0 Å². The molecule has 0 bridgehead atoms. The minimum Gasteiger partial charge on any atom is -0.389 e. The summed E-state index contributed by atoms with van der Waals surface area (Å²) in [6.45, 7) is 1.66. The van der Waals surface area contributed by atoms with Crippen molar-refractivity contribution >= 4 is 17.5 Å². The second-order valence-corrected chi connectivity index (χ2v) is 6.27. The van der Waals surface area contributed by atoms with Gasteiger partial charge in [-0.05, 0) is 44.8 Å². The van der Waals surface area contributed by atoms with E-state index < -0.39 is 42.4 Å². The number of hydrogen-bond acceptors (Lipinski definition) is 6. The van der Waals surface area contributed by atoms with E-state index in [1.807, 2.05) is 10.6 Å². The lowest BCUT2D eigenvalue weighted by molar-refractivity contribution is -0.139. The summed E-state index contributed by atoms with van der Waals surface area (Å²) in [7, 11) is 0. The number of aliphatic hydroxyl groups is 1. The molecule has 1 aromatic rings. The summed E-state index contributed by atoms with van der Waals surface area (Å²) in [5.41, 5.74) is 0.432. The second-order valence-electron chi connectivity index (χ2n) is 6.27. The van der Waals surface area contributed by atoms with Gasteiger partial charge in [0.05, 0.1) is 6.10 Å². The van der Waals surface area contributed by atoms with Crippen LogP contribution in [0.1, 0.15) is 38.9 Å². The van der Waals surface area contributed by atoms with Crippen LogP contribution in [-0.4, -0.2) is 50.6 Å².